The standard InChI is InChI=1S/C17H20ClN3O4S2/c1-4-21(10-13-6-8-16(18)26-13)17(23)14-9-12(19-11(2)22)5-7-15(14)20-27(3,24)25/h5-9,20H,4,10H2,1-3H3,(H,19,22). The summed E-state index contributed by atoms with van der Waals surface area (Å²) in [5, 5.41) is 2.60. The molecule has 0 aliphatic heterocycles. The number of carbonyl (C=O) groups is 2. The fourth-order valence-corrected chi connectivity index (χ4v) is 4.09. The molecular formula is C17H20ClN3O4S2. The Kier molecular flexibility index (Phi) is 6.85. The van der Waals surface area contributed by atoms with Crippen LogP contribution in [-0.4, -0.2) is 37.9 Å². The van der Waals surface area contributed by atoms with Gasteiger partial charge in [0, 0.05) is 24.0 Å². The van der Waals surface area contributed by atoms with Crippen molar-refractivity contribution in [3.05, 3.63) is 45.1 Å². The summed E-state index contributed by atoms with van der Waals surface area (Å²) < 4.78 is 26.3. The number of carbonyl (C=O) groups excluding carboxylic acids is 2. The Hall–Kier alpha value is -2.10. The SMILES string of the molecule is CCN(Cc1ccc(Cl)s1)C(=O)c1cc(NC(C)=O)ccc1NS(C)(=O)=O. The number of hydrogen-bond donors (Lipinski definition) is 2. The molecule has 0 unspecified atom stereocenters. The molecule has 2 amide bonds. The number of hydrogen-bond acceptors (Lipinski definition) is 5. The third-order valence-corrected chi connectivity index (χ3v) is 5.32. The topological polar surface area (TPSA) is 95.6 Å². The Morgan fingerprint density at radius 2 is 1.93 bits per heavy atom. The van der Waals surface area contributed by atoms with Crippen LogP contribution in [0.2, 0.25) is 4.34 Å². The predicted molar refractivity (Wildman–Crippen MR) is 109 cm³/mol. The third-order valence-electron chi connectivity index (χ3n) is 3.51. The number of benzene rings is 1. The number of thiophene rings is 1. The van der Waals surface area contributed by atoms with Crippen LogP contribution in [0.15, 0.2) is 30.3 Å². The van der Waals surface area contributed by atoms with Crippen molar-refractivity contribution in [3.63, 3.8) is 0 Å². The molecule has 27 heavy (non-hydrogen) atoms. The fraction of sp³-hybridized carbons (Fsp3) is 0.294. The van der Waals surface area contributed by atoms with Crippen molar-refractivity contribution >= 4 is 56.2 Å². The molecule has 2 N–H and O–H groups in total. The number of rotatable bonds is 7. The molecule has 0 bridgehead atoms. The lowest BCUT2D eigenvalue weighted by Gasteiger charge is -2.22. The molecule has 0 spiro atoms. The minimum atomic E-state index is -3.58. The van der Waals surface area contributed by atoms with E-state index in [0.29, 0.717) is 23.1 Å². The highest BCUT2D eigenvalue weighted by Crippen LogP contribution is 2.26. The lowest BCUT2D eigenvalue weighted by atomic mass is 10.1. The highest BCUT2D eigenvalue weighted by molar-refractivity contribution is 7.92. The van der Waals surface area contributed by atoms with Gasteiger partial charge in [0.15, 0.2) is 0 Å². The number of amides is 2. The molecule has 0 saturated carbocycles. The third kappa shape index (κ3) is 6.23. The summed E-state index contributed by atoms with van der Waals surface area (Å²) in [6, 6.07) is 8.04. The Morgan fingerprint density at radius 1 is 1.22 bits per heavy atom. The van der Waals surface area contributed by atoms with Gasteiger partial charge in [-0.15, -0.1) is 11.3 Å². The smallest absolute Gasteiger partial charge is 0.256 e. The molecule has 10 heteroatoms. The van der Waals surface area contributed by atoms with Crippen LogP contribution in [-0.2, 0) is 21.4 Å². The van der Waals surface area contributed by atoms with Gasteiger partial charge in [0.05, 0.1) is 28.4 Å². The van der Waals surface area contributed by atoms with Gasteiger partial charge in [0.25, 0.3) is 5.91 Å². The normalized spacial score (nSPS) is 11.1. The van der Waals surface area contributed by atoms with Crippen molar-refractivity contribution in [1.82, 2.24) is 4.90 Å². The summed E-state index contributed by atoms with van der Waals surface area (Å²) in [4.78, 5) is 26.9. The van der Waals surface area contributed by atoms with Gasteiger partial charge in [-0.1, -0.05) is 11.6 Å². The van der Waals surface area contributed by atoms with Crippen LogP contribution in [0.25, 0.3) is 0 Å². The Balaban J connectivity index is 2.40. The second-order valence-electron chi connectivity index (χ2n) is 5.84. The van der Waals surface area contributed by atoms with E-state index in [2.05, 4.69) is 10.0 Å². The molecule has 0 fully saturated rings. The number of halogens is 1. The van der Waals surface area contributed by atoms with Gasteiger partial charge in [-0.05, 0) is 37.3 Å². The Labute approximate surface area is 167 Å². The van der Waals surface area contributed by atoms with E-state index in [-0.39, 0.29) is 23.1 Å². The van der Waals surface area contributed by atoms with Crippen LogP contribution < -0.4 is 10.0 Å². The first-order valence-electron chi connectivity index (χ1n) is 8.02. The number of nitrogens with one attached hydrogen (secondary N) is 2. The average molecular weight is 430 g/mol. The van der Waals surface area contributed by atoms with E-state index in [9.17, 15) is 18.0 Å². The number of anilines is 2. The molecule has 7 nitrogen and oxygen atoms in total. The quantitative estimate of drug-likeness (QED) is 0.705. The van der Waals surface area contributed by atoms with Crippen molar-refractivity contribution < 1.29 is 18.0 Å². The van der Waals surface area contributed by atoms with Gasteiger partial charge in [-0.3, -0.25) is 14.3 Å². The molecule has 2 rings (SSSR count). The van der Waals surface area contributed by atoms with Crippen LogP contribution in [0.5, 0.6) is 0 Å². The van der Waals surface area contributed by atoms with Crippen molar-refractivity contribution in [2.45, 2.75) is 20.4 Å². The molecule has 0 radical (unpaired) electrons. The molecule has 146 valence electrons. The van der Waals surface area contributed by atoms with Gasteiger partial charge in [0.1, 0.15) is 0 Å². The summed E-state index contributed by atoms with van der Waals surface area (Å²) in [6.07, 6.45) is 1.01. The fourth-order valence-electron chi connectivity index (χ4n) is 2.41. The van der Waals surface area contributed by atoms with E-state index < -0.39 is 10.0 Å². The van der Waals surface area contributed by atoms with Crippen molar-refractivity contribution in [2.24, 2.45) is 0 Å². The molecule has 0 atom stereocenters. The molecule has 1 heterocycles. The molecule has 1 aromatic heterocycles. The van der Waals surface area contributed by atoms with Crippen LogP contribution in [0, 0.1) is 0 Å². The molecule has 0 aliphatic carbocycles. The van der Waals surface area contributed by atoms with E-state index in [0.717, 1.165) is 11.1 Å². The first-order valence-corrected chi connectivity index (χ1v) is 11.1. The van der Waals surface area contributed by atoms with Gasteiger partial charge >= 0.3 is 0 Å². The van der Waals surface area contributed by atoms with Crippen molar-refractivity contribution in [2.75, 3.05) is 22.8 Å². The predicted octanol–water partition coefficient (Wildman–Crippen LogP) is 3.39. The number of sulfonamides is 1. The van der Waals surface area contributed by atoms with Crippen LogP contribution in [0.4, 0.5) is 11.4 Å². The first-order chi connectivity index (χ1) is 12.6. The summed E-state index contributed by atoms with van der Waals surface area (Å²) in [6.45, 7) is 3.93. The van der Waals surface area contributed by atoms with Gasteiger partial charge < -0.3 is 10.2 Å². The van der Waals surface area contributed by atoms with Crippen molar-refractivity contribution in [3.8, 4) is 0 Å². The lowest BCUT2D eigenvalue weighted by Crippen LogP contribution is -2.31. The van der Waals surface area contributed by atoms with Crippen LogP contribution >= 0.6 is 22.9 Å². The highest BCUT2D eigenvalue weighted by Gasteiger charge is 2.21. The minimum absolute atomic E-state index is 0.149. The van der Waals surface area contributed by atoms with Crippen molar-refractivity contribution in [1.29, 1.82) is 0 Å². The van der Waals surface area contributed by atoms with E-state index >= 15 is 0 Å². The summed E-state index contributed by atoms with van der Waals surface area (Å²) in [5.74, 6) is -0.654. The van der Waals surface area contributed by atoms with Gasteiger partial charge in [-0.2, -0.15) is 0 Å². The zero-order chi connectivity index (χ0) is 20.2. The highest BCUT2D eigenvalue weighted by atomic mass is 35.5. The Bertz CT molecular complexity index is 957. The largest absolute Gasteiger partial charge is 0.334 e. The summed E-state index contributed by atoms with van der Waals surface area (Å²) in [5.41, 5.74) is 0.704. The zero-order valence-electron chi connectivity index (χ0n) is 15.1. The average Bonchev–Trinajstić information content (AvgIpc) is 2.96. The zero-order valence-corrected chi connectivity index (χ0v) is 17.5. The maximum atomic E-state index is 13.1. The minimum Gasteiger partial charge on any atom is -0.334 e. The molecular weight excluding hydrogens is 410 g/mol. The second kappa shape index (κ2) is 8.73. The monoisotopic (exact) mass is 429 g/mol. The molecule has 0 aliphatic rings. The van der Waals surface area contributed by atoms with Gasteiger partial charge in [0.2, 0.25) is 15.9 Å². The van der Waals surface area contributed by atoms with Crippen LogP contribution in [0.1, 0.15) is 29.1 Å². The van der Waals surface area contributed by atoms with E-state index in [1.807, 2.05) is 13.0 Å². The molecule has 0 saturated heterocycles. The maximum absolute atomic E-state index is 13.1. The van der Waals surface area contributed by atoms with Crippen LogP contribution in [0.3, 0.4) is 0 Å². The van der Waals surface area contributed by atoms with E-state index in [1.165, 1.54) is 36.5 Å². The molecule has 2 aromatic rings. The second-order valence-corrected chi connectivity index (χ2v) is 9.39. The number of nitrogens with zero attached hydrogens (tertiary/aromatic N) is 1. The first kappa shape index (κ1) is 21.2. The van der Waals surface area contributed by atoms with E-state index in [4.69, 9.17) is 11.6 Å². The summed E-state index contributed by atoms with van der Waals surface area (Å²) >= 11 is 7.32. The van der Waals surface area contributed by atoms with E-state index in [1.54, 1.807) is 11.0 Å². The summed E-state index contributed by atoms with van der Waals surface area (Å²) in [7, 11) is -3.58. The van der Waals surface area contributed by atoms with Gasteiger partial charge in [-0.25, -0.2) is 8.42 Å². The molecule has 1 aromatic carbocycles. The lowest BCUT2D eigenvalue weighted by molar-refractivity contribution is -0.114. The Morgan fingerprint density at radius 3 is 2.44 bits per heavy atom. The maximum Gasteiger partial charge on any atom is 0.256 e.